The van der Waals surface area contributed by atoms with E-state index in [2.05, 4.69) is 102 Å². The first-order valence-corrected chi connectivity index (χ1v) is 13.9. The van der Waals surface area contributed by atoms with E-state index in [4.69, 9.17) is 0 Å². The Morgan fingerprint density at radius 2 is 1.31 bits per heavy atom. The van der Waals surface area contributed by atoms with Gasteiger partial charge in [-0.15, -0.1) is 0 Å². The Hall–Kier alpha value is -3.32. The van der Waals surface area contributed by atoms with E-state index < -0.39 is 0 Å². The van der Waals surface area contributed by atoms with Crippen molar-refractivity contribution in [3.63, 3.8) is 0 Å². The lowest BCUT2D eigenvalue weighted by molar-refractivity contribution is -0.00518. The minimum atomic E-state index is 0.453. The number of hydrogen-bond donors (Lipinski definition) is 0. The van der Waals surface area contributed by atoms with Crippen LogP contribution in [0.15, 0.2) is 91.0 Å². The van der Waals surface area contributed by atoms with Crippen LogP contribution in [0.5, 0.6) is 0 Å². The number of para-hydroxylation sites is 2. The molecule has 0 saturated heterocycles. The lowest BCUT2D eigenvalue weighted by Gasteiger charge is -2.57. The molecule has 4 aliphatic carbocycles. The fourth-order valence-electron chi connectivity index (χ4n) is 8.77. The van der Waals surface area contributed by atoms with Crippen LogP contribution in [0.3, 0.4) is 0 Å². The summed E-state index contributed by atoms with van der Waals surface area (Å²) in [5.74, 6) is 2.94. The number of hydrogen-bond acceptors (Lipinski definition) is 0. The van der Waals surface area contributed by atoms with Gasteiger partial charge in [-0.05, 0) is 116 Å². The van der Waals surface area contributed by atoms with Crippen LogP contribution in [0.4, 0.5) is 0 Å². The van der Waals surface area contributed by atoms with Crippen molar-refractivity contribution in [2.24, 2.45) is 17.8 Å². The van der Waals surface area contributed by atoms with Crippen LogP contribution < -0.4 is 0 Å². The summed E-state index contributed by atoms with van der Waals surface area (Å²) < 4.78 is 2.46. The number of nitrogens with zero attached hydrogens (tertiary/aromatic N) is 1. The molecule has 1 nitrogen and oxygen atoms in total. The molecular formula is C35H33N. The molecule has 4 saturated carbocycles. The van der Waals surface area contributed by atoms with Gasteiger partial charge in [0.05, 0.1) is 11.0 Å². The molecule has 4 fully saturated rings. The maximum Gasteiger partial charge on any atom is 0.0619 e. The second kappa shape index (κ2) is 7.59. The number of rotatable bonds is 3. The summed E-state index contributed by atoms with van der Waals surface area (Å²) in [6, 6.07) is 34.3. The monoisotopic (exact) mass is 467 g/mol. The second-order valence-electron chi connectivity index (χ2n) is 12.2. The topological polar surface area (TPSA) is 4.93 Å². The average molecular weight is 468 g/mol. The molecule has 0 spiro atoms. The van der Waals surface area contributed by atoms with E-state index >= 15 is 0 Å². The summed E-state index contributed by atoms with van der Waals surface area (Å²) in [6.07, 6.45) is 8.79. The van der Waals surface area contributed by atoms with Gasteiger partial charge in [-0.2, -0.15) is 0 Å². The highest BCUT2D eigenvalue weighted by Gasteiger charge is 2.51. The standard InChI is InChI=1S/C35H33N/c1-23-15-31(27-11-13-28(14-12-27)35-20-24-17-25(21-35)19-26(18-24)22-35)34-32(16-23)30-9-5-6-10-33(30)36(34)29-7-3-2-4-8-29/h2-16,24-26H,17-22H2,1H3. The van der Waals surface area contributed by atoms with Crippen LogP contribution in [-0.4, -0.2) is 4.57 Å². The van der Waals surface area contributed by atoms with Crippen molar-refractivity contribution in [2.45, 2.75) is 50.9 Å². The molecule has 0 atom stereocenters. The van der Waals surface area contributed by atoms with E-state index in [1.54, 1.807) is 5.56 Å². The molecule has 178 valence electrons. The molecule has 1 heteroatoms. The van der Waals surface area contributed by atoms with E-state index in [0.717, 1.165) is 17.8 Å². The van der Waals surface area contributed by atoms with Gasteiger partial charge < -0.3 is 4.57 Å². The van der Waals surface area contributed by atoms with E-state index in [9.17, 15) is 0 Å². The fraction of sp³-hybridized carbons (Fsp3) is 0.314. The van der Waals surface area contributed by atoms with Crippen LogP contribution in [-0.2, 0) is 5.41 Å². The predicted molar refractivity (Wildman–Crippen MR) is 151 cm³/mol. The van der Waals surface area contributed by atoms with Crippen molar-refractivity contribution in [3.8, 4) is 16.8 Å². The molecule has 0 aliphatic heterocycles. The normalized spacial score (nSPS) is 26.8. The Bertz CT molecular complexity index is 1570. The van der Waals surface area contributed by atoms with Gasteiger partial charge in [0, 0.05) is 22.0 Å². The minimum Gasteiger partial charge on any atom is -0.309 e. The minimum absolute atomic E-state index is 0.453. The van der Waals surface area contributed by atoms with Gasteiger partial charge in [-0.25, -0.2) is 0 Å². The van der Waals surface area contributed by atoms with Crippen LogP contribution in [0, 0.1) is 24.7 Å². The van der Waals surface area contributed by atoms with Gasteiger partial charge in [0.1, 0.15) is 0 Å². The SMILES string of the molecule is Cc1cc(-c2ccc(C34CC5CC(CC(C5)C3)C4)cc2)c2c(c1)c1ccccc1n2-c1ccccc1. The number of aryl methyl sites for hydroxylation is 1. The first kappa shape index (κ1) is 20.8. The third-order valence-electron chi connectivity index (χ3n) is 9.77. The number of benzene rings is 4. The lowest BCUT2D eigenvalue weighted by atomic mass is 9.48. The molecule has 1 heterocycles. The number of aromatic nitrogens is 1. The fourth-order valence-corrected chi connectivity index (χ4v) is 8.77. The van der Waals surface area contributed by atoms with Gasteiger partial charge in [0.2, 0.25) is 0 Å². The van der Waals surface area contributed by atoms with Crippen LogP contribution in [0.1, 0.15) is 49.7 Å². The second-order valence-corrected chi connectivity index (χ2v) is 12.2. The summed E-state index contributed by atoms with van der Waals surface area (Å²) in [5.41, 5.74) is 9.86. The van der Waals surface area contributed by atoms with Crippen LogP contribution in [0.25, 0.3) is 38.6 Å². The van der Waals surface area contributed by atoms with Crippen molar-refractivity contribution in [2.75, 3.05) is 0 Å². The zero-order valence-electron chi connectivity index (χ0n) is 21.1. The highest BCUT2D eigenvalue weighted by molar-refractivity contribution is 6.14. The first-order valence-electron chi connectivity index (χ1n) is 13.9. The maximum absolute atomic E-state index is 2.49. The smallest absolute Gasteiger partial charge is 0.0619 e. The zero-order valence-corrected chi connectivity index (χ0v) is 21.1. The van der Waals surface area contributed by atoms with E-state index in [1.807, 2.05) is 0 Å². The molecule has 4 bridgehead atoms. The largest absolute Gasteiger partial charge is 0.309 e. The van der Waals surface area contributed by atoms with Crippen molar-refractivity contribution < 1.29 is 0 Å². The van der Waals surface area contributed by atoms with Gasteiger partial charge >= 0.3 is 0 Å². The molecule has 1 aromatic heterocycles. The predicted octanol–water partition coefficient (Wildman–Crippen LogP) is 9.23. The van der Waals surface area contributed by atoms with Crippen molar-refractivity contribution in [3.05, 3.63) is 102 Å². The van der Waals surface area contributed by atoms with Crippen LogP contribution in [0.2, 0.25) is 0 Å². The van der Waals surface area contributed by atoms with Gasteiger partial charge in [0.25, 0.3) is 0 Å². The van der Waals surface area contributed by atoms with Crippen molar-refractivity contribution >= 4 is 21.8 Å². The van der Waals surface area contributed by atoms with Gasteiger partial charge in [0.15, 0.2) is 0 Å². The highest BCUT2D eigenvalue weighted by Crippen LogP contribution is 2.60. The molecule has 4 aliphatic rings. The third kappa shape index (κ3) is 3.01. The van der Waals surface area contributed by atoms with Gasteiger partial charge in [-0.1, -0.05) is 60.7 Å². The zero-order chi connectivity index (χ0) is 23.9. The lowest BCUT2D eigenvalue weighted by Crippen LogP contribution is -2.48. The Kier molecular flexibility index (Phi) is 4.39. The Balaban J connectivity index is 1.31. The third-order valence-corrected chi connectivity index (χ3v) is 9.77. The van der Waals surface area contributed by atoms with Crippen molar-refractivity contribution in [1.29, 1.82) is 0 Å². The summed E-state index contributed by atoms with van der Waals surface area (Å²) >= 11 is 0. The molecule has 0 N–H and O–H groups in total. The Morgan fingerprint density at radius 1 is 0.667 bits per heavy atom. The van der Waals surface area contributed by atoms with Crippen LogP contribution >= 0.6 is 0 Å². The molecule has 9 rings (SSSR count). The summed E-state index contributed by atoms with van der Waals surface area (Å²) in [5, 5.41) is 2.67. The first-order chi connectivity index (χ1) is 17.7. The summed E-state index contributed by atoms with van der Waals surface area (Å²) in [7, 11) is 0. The number of fused-ring (bicyclic) bond motifs is 3. The summed E-state index contributed by atoms with van der Waals surface area (Å²) in [6.45, 7) is 2.24. The molecule has 5 aromatic rings. The molecule has 0 unspecified atom stereocenters. The molecule has 0 amide bonds. The molecule has 4 aromatic carbocycles. The average Bonchev–Trinajstić information content (AvgIpc) is 3.22. The van der Waals surface area contributed by atoms with E-state index in [1.165, 1.54) is 82.7 Å². The quantitative estimate of drug-likeness (QED) is 0.249. The Morgan fingerprint density at radius 3 is 2.00 bits per heavy atom. The molecule has 36 heavy (non-hydrogen) atoms. The Labute approximate surface area is 213 Å². The molecule has 0 radical (unpaired) electrons. The van der Waals surface area contributed by atoms with E-state index in [0.29, 0.717) is 5.41 Å². The molecular weight excluding hydrogens is 434 g/mol. The van der Waals surface area contributed by atoms with Gasteiger partial charge in [-0.3, -0.25) is 0 Å². The maximum atomic E-state index is 2.49. The van der Waals surface area contributed by atoms with Crippen molar-refractivity contribution in [1.82, 2.24) is 4.57 Å². The summed E-state index contributed by atoms with van der Waals surface area (Å²) in [4.78, 5) is 0. The van der Waals surface area contributed by atoms with E-state index in [-0.39, 0.29) is 0 Å². The highest BCUT2D eigenvalue weighted by atomic mass is 15.0.